The lowest BCUT2D eigenvalue weighted by Crippen LogP contribution is -2.17. The highest BCUT2D eigenvalue weighted by Gasteiger charge is 2.31. The quantitative estimate of drug-likeness (QED) is 0.521. The highest BCUT2D eigenvalue weighted by molar-refractivity contribution is 5.66. The van der Waals surface area contributed by atoms with Gasteiger partial charge in [-0.2, -0.15) is 4.98 Å². The number of pyridine rings is 1. The molecule has 2 heterocycles. The molecule has 0 spiro atoms. The second-order valence-electron chi connectivity index (χ2n) is 6.67. The van der Waals surface area contributed by atoms with Gasteiger partial charge in [0.15, 0.2) is 0 Å². The van der Waals surface area contributed by atoms with Gasteiger partial charge in [0.25, 0.3) is 0 Å². The molecule has 3 aromatic rings. The fraction of sp³-hybridized carbons (Fsp3) is 0.286. The molecule has 0 unspecified atom stereocenters. The molecule has 2 aromatic heterocycles. The Bertz CT molecular complexity index is 966. The molecule has 0 aliphatic heterocycles. The topological polar surface area (TPSA) is 72.0 Å². The van der Waals surface area contributed by atoms with E-state index < -0.39 is 6.36 Å². The van der Waals surface area contributed by atoms with Crippen LogP contribution in [0.1, 0.15) is 26.0 Å². The molecule has 158 valence electrons. The van der Waals surface area contributed by atoms with E-state index in [1.54, 1.807) is 18.3 Å². The monoisotopic (exact) mass is 417 g/mol. The van der Waals surface area contributed by atoms with Crippen LogP contribution in [-0.4, -0.2) is 27.4 Å². The number of alkyl halides is 3. The molecule has 0 aliphatic rings. The van der Waals surface area contributed by atoms with Crippen molar-refractivity contribution in [3.05, 3.63) is 60.4 Å². The lowest BCUT2D eigenvalue weighted by atomic mass is 10.1. The van der Waals surface area contributed by atoms with Gasteiger partial charge in [-0.1, -0.05) is 25.1 Å². The fourth-order valence-corrected chi connectivity index (χ4v) is 2.61. The van der Waals surface area contributed by atoms with Gasteiger partial charge < -0.3 is 15.4 Å². The van der Waals surface area contributed by atoms with Gasteiger partial charge in [-0.3, -0.25) is 4.98 Å². The first-order valence-corrected chi connectivity index (χ1v) is 9.48. The Labute approximate surface area is 172 Å². The van der Waals surface area contributed by atoms with Crippen molar-refractivity contribution in [2.45, 2.75) is 39.2 Å². The lowest BCUT2D eigenvalue weighted by Gasteiger charge is -2.15. The van der Waals surface area contributed by atoms with Crippen molar-refractivity contribution < 1.29 is 17.9 Å². The molecular weight excluding hydrogens is 395 g/mol. The Morgan fingerprint density at radius 2 is 1.90 bits per heavy atom. The molecule has 9 heteroatoms. The molecule has 2 N–H and O–H groups in total. The summed E-state index contributed by atoms with van der Waals surface area (Å²) in [5, 5.41) is 6.39. The van der Waals surface area contributed by atoms with Crippen LogP contribution in [-0.2, 0) is 6.54 Å². The van der Waals surface area contributed by atoms with E-state index in [2.05, 4.69) is 30.3 Å². The average Bonchev–Trinajstić information content (AvgIpc) is 2.72. The third kappa shape index (κ3) is 6.33. The van der Waals surface area contributed by atoms with Crippen LogP contribution in [0.2, 0.25) is 0 Å². The Hall–Kier alpha value is -3.36. The van der Waals surface area contributed by atoms with E-state index in [-0.39, 0.29) is 11.8 Å². The number of halogens is 3. The van der Waals surface area contributed by atoms with Gasteiger partial charge in [0.2, 0.25) is 5.95 Å². The third-order valence-corrected chi connectivity index (χ3v) is 4.25. The van der Waals surface area contributed by atoms with E-state index >= 15 is 0 Å². The fourth-order valence-electron chi connectivity index (χ4n) is 2.61. The predicted molar refractivity (Wildman–Crippen MR) is 109 cm³/mol. The molecule has 0 saturated heterocycles. The normalized spacial score (nSPS) is 12.3. The predicted octanol–water partition coefficient (Wildman–Crippen LogP) is 5.26. The van der Waals surface area contributed by atoms with Crippen molar-refractivity contribution in [3.63, 3.8) is 0 Å². The van der Waals surface area contributed by atoms with Crippen molar-refractivity contribution in [1.82, 2.24) is 15.0 Å². The van der Waals surface area contributed by atoms with Crippen LogP contribution in [0.3, 0.4) is 0 Å². The Morgan fingerprint density at radius 3 is 2.60 bits per heavy atom. The molecule has 0 amide bonds. The highest BCUT2D eigenvalue weighted by atomic mass is 19.4. The van der Waals surface area contributed by atoms with E-state index in [0.29, 0.717) is 29.6 Å². The van der Waals surface area contributed by atoms with Gasteiger partial charge in [-0.25, -0.2) is 4.98 Å². The van der Waals surface area contributed by atoms with Gasteiger partial charge >= 0.3 is 6.36 Å². The van der Waals surface area contributed by atoms with Crippen LogP contribution in [0, 0.1) is 0 Å². The number of hydrogen-bond acceptors (Lipinski definition) is 6. The maximum absolute atomic E-state index is 12.6. The molecule has 0 fully saturated rings. The SMILES string of the molecule is CC[C@@H](C)Nc1nc(NCc2ccccn2)cc(-c2cccc(OC(F)(F)F)c2)n1. The lowest BCUT2D eigenvalue weighted by molar-refractivity contribution is -0.274. The minimum absolute atomic E-state index is 0.129. The van der Waals surface area contributed by atoms with Crippen molar-refractivity contribution in [3.8, 4) is 17.0 Å². The molecule has 6 nitrogen and oxygen atoms in total. The van der Waals surface area contributed by atoms with Crippen molar-refractivity contribution in [2.75, 3.05) is 10.6 Å². The van der Waals surface area contributed by atoms with E-state index in [1.807, 2.05) is 32.0 Å². The van der Waals surface area contributed by atoms with Crippen LogP contribution in [0.25, 0.3) is 11.3 Å². The zero-order chi connectivity index (χ0) is 21.6. The summed E-state index contributed by atoms with van der Waals surface area (Å²) in [4.78, 5) is 13.2. The number of nitrogens with zero attached hydrogens (tertiary/aromatic N) is 3. The van der Waals surface area contributed by atoms with E-state index in [4.69, 9.17) is 0 Å². The minimum Gasteiger partial charge on any atom is -0.406 e. The van der Waals surface area contributed by atoms with Crippen molar-refractivity contribution in [1.29, 1.82) is 0 Å². The summed E-state index contributed by atoms with van der Waals surface area (Å²) < 4.78 is 41.8. The molecule has 0 saturated carbocycles. The van der Waals surface area contributed by atoms with Crippen LogP contribution in [0.15, 0.2) is 54.7 Å². The molecule has 1 aromatic carbocycles. The summed E-state index contributed by atoms with van der Waals surface area (Å²) >= 11 is 0. The Kier molecular flexibility index (Phi) is 6.71. The zero-order valence-electron chi connectivity index (χ0n) is 16.6. The van der Waals surface area contributed by atoms with Gasteiger partial charge in [0.05, 0.1) is 17.9 Å². The van der Waals surface area contributed by atoms with Gasteiger partial charge in [-0.05, 0) is 37.6 Å². The van der Waals surface area contributed by atoms with Crippen LogP contribution >= 0.6 is 0 Å². The van der Waals surface area contributed by atoms with Crippen molar-refractivity contribution in [2.24, 2.45) is 0 Å². The number of benzene rings is 1. The second kappa shape index (κ2) is 9.43. The summed E-state index contributed by atoms with van der Waals surface area (Å²) in [7, 11) is 0. The van der Waals surface area contributed by atoms with Crippen LogP contribution in [0.5, 0.6) is 5.75 Å². The van der Waals surface area contributed by atoms with Crippen LogP contribution in [0.4, 0.5) is 24.9 Å². The highest BCUT2D eigenvalue weighted by Crippen LogP contribution is 2.28. The minimum atomic E-state index is -4.76. The summed E-state index contributed by atoms with van der Waals surface area (Å²) in [6, 6.07) is 13.1. The maximum Gasteiger partial charge on any atom is 0.573 e. The summed E-state index contributed by atoms with van der Waals surface area (Å²) in [6.45, 7) is 4.46. The molecule has 3 rings (SSSR count). The number of hydrogen-bond donors (Lipinski definition) is 2. The van der Waals surface area contributed by atoms with E-state index in [1.165, 1.54) is 18.2 Å². The zero-order valence-corrected chi connectivity index (χ0v) is 16.6. The van der Waals surface area contributed by atoms with Gasteiger partial charge in [0, 0.05) is 23.9 Å². The molecule has 0 bridgehead atoms. The molecule has 1 atom stereocenters. The largest absolute Gasteiger partial charge is 0.573 e. The molecule has 0 aliphatic carbocycles. The number of rotatable bonds is 8. The maximum atomic E-state index is 12.6. The Morgan fingerprint density at radius 1 is 1.07 bits per heavy atom. The van der Waals surface area contributed by atoms with Crippen molar-refractivity contribution >= 4 is 11.8 Å². The van der Waals surface area contributed by atoms with E-state index in [0.717, 1.165) is 12.1 Å². The number of aromatic nitrogens is 3. The Balaban J connectivity index is 1.90. The second-order valence-corrected chi connectivity index (χ2v) is 6.67. The smallest absolute Gasteiger partial charge is 0.406 e. The molecule has 0 radical (unpaired) electrons. The first kappa shape index (κ1) is 21.4. The number of ether oxygens (including phenoxy) is 1. The van der Waals surface area contributed by atoms with E-state index in [9.17, 15) is 13.2 Å². The van der Waals surface area contributed by atoms with Gasteiger partial charge in [0.1, 0.15) is 11.6 Å². The van der Waals surface area contributed by atoms with Crippen LogP contribution < -0.4 is 15.4 Å². The standard InChI is InChI=1S/C21H22F3N5O/c1-3-14(2)27-20-28-18(15-7-6-9-17(11-15)30-21(22,23)24)12-19(29-20)26-13-16-8-4-5-10-25-16/h4-12,14H,3,13H2,1-2H3,(H2,26,27,28,29)/t14-/m1/s1. The third-order valence-electron chi connectivity index (χ3n) is 4.25. The summed E-state index contributed by atoms with van der Waals surface area (Å²) in [5.41, 5.74) is 1.77. The molecule has 30 heavy (non-hydrogen) atoms. The first-order chi connectivity index (χ1) is 14.3. The van der Waals surface area contributed by atoms with Gasteiger partial charge in [-0.15, -0.1) is 13.2 Å². The first-order valence-electron chi connectivity index (χ1n) is 9.48. The number of nitrogens with one attached hydrogen (secondary N) is 2. The average molecular weight is 417 g/mol. The molecular formula is C21H22F3N5O. The number of anilines is 2. The summed E-state index contributed by atoms with van der Waals surface area (Å²) in [6.07, 6.45) is -2.20. The summed E-state index contributed by atoms with van der Waals surface area (Å²) in [5.74, 6) is 0.601.